The first-order chi connectivity index (χ1) is 10.6. The minimum Gasteiger partial charge on any atom is -0.454 e. The Kier molecular flexibility index (Phi) is 4.22. The zero-order chi connectivity index (χ0) is 15.5. The van der Waals surface area contributed by atoms with E-state index in [-0.39, 0.29) is 12.6 Å². The Hall–Kier alpha value is -2.17. The minimum atomic E-state index is -0.163. The summed E-state index contributed by atoms with van der Waals surface area (Å²) in [6.07, 6.45) is 2.93. The van der Waals surface area contributed by atoms with Crippen LogP contribution in [0.4, 0.5) is 5.69 Å². The van der Waals surface area contributed by atoms with E-state index in [9.17, 15) is 4.79 Å². The molecule has 0 spiro atoms. The van der Waals surface area contributed by atoms with Crippen molar-refractivity contribution < 1.29 is 14.3 Å². The molecule has 2 aromatic rings. The average molecular weight is 336 g/mol. The second kappa shape index (κ2) is 6.30. The van der Waals surface area contributed by atoms with Crippen LogP contribution < -0.4 is 14.8 Å². The van der Waals surface area contributed by atoms with Gasteiger partial charge >= 0.3 is 0 Å². The van der Waals surface area contributed by atoms with Gasteiger partial charge in [0, 0.05) is 22.9 Å². The standard InChI is InChI=1S/C16H11Cl2NO3/c17-11-2-3-12(18)13(8-11)19-6-5-14(20)10-1-4-15-16(7-10)22-9-21-15/h1-8,19H,9H2. The van der Waals surface area contributed by atoms with Gasteiger partial charge in [0.15, 0.2) is 17.3 Å². The van der Waals surface area contributed by atoms with E-state index in [1.165, 1.54) is 12.3 Å². The maximum atomic E-state index is 12.1. The van der Waals surface area contributed by atoms with Crippen molar-refractivity contribution in [3.8, 4) is 11.5 Å². The highest BCUT2D eigenvalue weighted by Gasteiger charge is 2.15. The van der Waals surface area contributed by atoms with Crippen LogP contribution in [0.2, 0.25) is 10.0 Å². The molecule has 0 unspecified atom stereocenters. The molecule has 1 aliphatic heterocycles. The maximum Gasteiger partial charge on any atom is 0.231 e. The quantitative estimate of drug-likeness (QED) is 0.658. The number of fused-ring (bicyclic) bond motifs is 1. The summed E-state index contributed by atoms with van der Waals surface area (Å²) < 4.78 is 10.5. The van der Waals surface area contributed by atoms with Crippen LogP contribution in [0.5, 0.6) is 11.5 Å². The molecule has 0 amide bonds. The lowest BCUT2D eigenvalue weighted by molar-refractivity contribution is 0.104. The van der Waals surface area contributed by atoms with Crippen LogP contribution in [-0.2, 0) is 0 Å². The second-order valence-electron chi connectivity index (χ2n) is 4.53. The zero-order valence-corrected chi connectivity index (χ0v) is 12.8. The van der Waals surface area contributed by atoms with E-state index < -0.39 is 0 Å². The molecular weight excluding hydrogens is 325 g/mol. The SMILES string of the molecule is O=C(C=CNc1cc(Cl)ccc1Cl)c1ccc2c(c1)OCO2. The Morgan fingerprint density at radius 3 is 2.77 bits per heavy atom. The van der Waals surface area contributed by atoms with Gasteiger partial charge in [0.1, 0.15) is 0 Å². The van der Waals surface area contributed by atoms with Gasteiger partial charge in [-0.05, 0) is 36.4 Å². The number of allylic oxidation sites excluding steroid dienone is 1. The van der Waals surface area contributed by atoms with Crippen molar-refractivity contribution in [1.82, 2.24) is 0 Å². The molecule has 0 radical (unpaired) electrons. The molecule has 0 aliphatic carbocycles. The Bertz CT molecular complexity index is 759. The molecule has 0 bridgehead atoms. The van der Waals surface area contributed by atoms with Gasteiger partial charge < -0.3 is 14.8 Å². The summed E-state index contributed by atoms with van der Waals surface area (Å²) in [7, 11) is 0. The van der Waals surface area contributed by atoms with E-state index in [2.05, 4.69) is 5.32 Å². The van der Waals surface area contributed by atoms with Crippen molar-refractivity contribution in [1.29, 1.82) is 0 Å². The number of rotatable bonds is 4. The summed E-state index contributed by atoms with van der Waals surface area (Å²) in [6, 6.07) is 10.1. The monoisotopic (exact) mass is 335 g/mol. The average Bonchev–Trinajstić information content (AvgIpc) is 2.98. The molecule has 4 nitrogen and oxygen atoms in total. The fourth-order valence-electron chi connectivity index (χ4n) is 1.96. The lowest BCUT2D eigenvalue weighted by Crippen LogP contribution is -1.97. The minimum absolute atomic E-state index is 0.163. The van der Waals surface area contributed by atoms with Crippen LogP contribution in [0.15, 0.2) is 48.7 Å². The molecule has 0 atom stereocenters. The number of halogens is 2. The van der Waals surface area contributed by atoms with E-state index in [0.29, 0.717) is 32.8 Å². The topological polar surface area (TPSA) is 47.6 Å². The van der Waals surface area contributed by atoms with E-state index in [1.54, 1.807) is 36.4 Å². The van der Waals surface area contributed by atoms with Crippen molar-refractivity contribution in [2.45, 2.75) is 0 Å². The lowest BCUT2D eigenvalue weighted by atomic mass is 10.1. The molecule has 1 aliphatic rings. The van der Waals surface area contributed by atoms with Crippen LogP contribution in [0.3, 0.4) is 0 Å². The summed E-state index contributed by atoms with van der Waals surface area (Å²) in [5.41, 5.74) is 1.14. The maximum absolute atomic E-state index is 12.1. The molecule has 1 heterocycles. The highest BCUT2D eigenvalue weighted by atomic mass is 35.5. The molecule has 0 saturated carbocycles. The van der Waals surface area contributed by atoms with Gasteiger partial charge in [0.05, 0.1) is 10.7 Å². The summed E-state index contributed by atoms with van der Waals surface area (Å²) in [5.74, 6) is 1.05. The molecule has 0 saturated heterocycles. The summed E-state index contributed by atoms with van der Waals surface area (Å²) >= 11 is 11.9. The van der Waals surface area contributed by atoms with E-state index >= 15 is 0 Å². The van der Waals surface area contributed by atoms with Crippen LogP contribution in [0.1, 0.15) is 10.4 Å². The third kappa shape index (κ3) is 3.18. The van der Waals surface area contributed by atoms with Crippen molar-refractivity contribution >= 4 is 34.7 Å². The summed E-state index contributed by atoms with van der Waals surface area (Å²) in [4.78, 5) is 12.1. The number of ketones is 1. The normalized spacial score (nSPS) is 12.6. The molecule has 0 aromatic heterocycles. The number of hydrogen-bond acceptors (Lipinski definition) is 4. The number of nitrogens with one attached hydrogen (secondary N) is 1. The van der Waals surface area contributed by atoms with E-state index in [1.807, 2.05) is 0 Å². The Morgan fingerprint density at radius 2 is 1.91 bits per heavy atom. The fourth-order valence-corrected chi connectivity index (χ4v) is 2.31. The Morgan fingerprint density at radius 1 is 1.09 bits per heavy atom. The smallest absolute Gasteiger partial charge is 0.231 e. The Balaban J connectivity index is 1.70. The van der Waals surface area contributed by atoms with Crippen molar-refractivity contribution in [3.63, 3.8) is 0 Å². The molecule has 6 heteroatoms. The third-order valence-electron chi connectivity index (χ3n) is 3.06. The molecule has 1 N–H and O–H groups in total. The molecular formula is C16H11Cl2NO3. The van der Waals surface area contributed by atoms with Crippen molar-refractivity contribution in [2.24, 2.45) is 0 Å². The van der Waals surface area contributed by atoms with Gasteiger partial charge in [-0.25, -0.2) is 0 Å². The predicted molar refractivity (Wildman–Crippen MR) is 86.1 cm³/mol. The highest BCUT2D eigenvalue weighted by Crippen LogP contribution is 2.32. The Labute approximate surface area is 137 Å². The molecule has 2 aromatic carbocycles. The molecule has 22 heavy (non-hydrogen) atoms. The number of hydrogen-bond donors (Lipinski definition) is 1. The third-order valence-corrected chi connectivity index (χ3v) is 3.62. The first kappa shape index (κ1) is 14.8. The first-order valence-corrected chi connectivity index (χ1v) is 7.21. The highest BCUT2D eigenvalue weighted by molar-refractivity contribution is 6.35. The van der Waals surface area contributed by atoms with Crippen LogP contribution in [0, 0.1) is 0 Å². The van der Waals surface area contributed by atoms with Gasteiger partial charge in [-0.1, -0.05) is 23.2 Å². The fraction of sp³-hybridized carbons (Fsp3) is 0.0625. The van der Waals surface area contributed by atoms with Gasteiger partial charge in [-0.3, -0.25) is 4.79 Å². The van der Waals surface area contributed by atoms with Crippen molar-refractivity contribution in [3.05, 3.63) is 64.3 Å². The van der Waals surface area contributed by atoms with E-state index in [4.69, 9.17) is 32.7 Å². The molecule has 0 fully saturated rings. The summed E-state index contributed by atoms with van der Waals surface area (Å²) in [6.45, 7) is 0.178. The molecule has 3 rings (SSSR count). The lowest BCUT2D eigenvalue weighted by Gasteiger charge is -2.04. The number of carbonyl (C=O) groups is 1. The van der Waals surface area contributed by atoms with E-state index in [0.717, 1.165) is 0 Å². The van der Waals surface area contributed by atoms with Crippen LogP contribution >= 0.6 is 23.2 Å². The molecule has 112 valence electrons. The predicted octanol–water partition coefficient (Wildman–Crippen LogP) is 4.53. The second-order valence-corrected chi connectivity index (χ2v) is 5.38. The van der Waals surface area contributed by atoms with Crippen LogP contribution in [0.25, 0.3) is 0 Å². The first-order valence-electron chi connectivity index (χ1n) is 6.45. The van der Waals surface area contributed by atoms with Gasteiger partial charge in [-0.15, -0.1) is 0 Å². The number of benzene rings is 2. The van der Waals surface area contributed by atoms with Gasteiger partial charge in [-0.2, -0.15) is 0 Å². The zero-order valence-electron chi connectivity index (χ0n) is 11.3. The number of carbonyl (C=O) groups excluding carboxylic acids is 1. The van der Waals surface area contributed by atoms with Crippen LogP contribution in [-0.4, -0.2) is 12.6 Å². The summed E-state index contributed by atoms with van der Waals surface area (Å²) in [5, 5.41) is 4.01. The van der Waals surface area contributed by atoms with Gasteiger partial charge in [0.2, 0.25) is 6.79 Å². The van der Waals surface area contributed by atoms with Crippen molar-refractivity contribution in [2.75, 3.05) is 12.1 Å². The number of anilines is 1. The largest absolute Gasteiger partial charge is 0.454 e. The van der Waals surface area contributed by atoms with Gasteiger partial charge in [0.25, 0.3) is 0 Å². The number of ether oxygens (including phenoxy) is 2.